The van der Waals surface area contributed by atoms with Crippen LogP contribution in [-0.2, 0) is 31.3 Å². The molecule has 2 N–H and O–H groups in total. The first kappa shape index (κ1) is 13.1. The Morgan fingerprint density at radius 3 is 2.12 bits per heavy atom. The van der Waals surface area contributed by atoms with Crippen LogP contribution in [0.15, 0.2) is 29.2 Å². The molecule has 1 aromatic carbocycles. The van der Waals surface area contributed by atoms with E-state index in [0.717, 1.165) is 6.07 Å². The summed E-state index contributed by atoms with van der Waals surface area (Å²) >= 11 is 0. The third kappa shape index (κ3) is 3.87. The van der Waals surface area contributed by atoms with Crippen LogP contribution in [0.3, 0.4) is 0 Å². The molecule has 0 unspecified atom stereocenters. The number of hydrogen-bond donors (Lipinski definition) is 2. The Bertz CT molecular complexity index is 573. The molecule has 9 heteroatoms. The molecular formula is C7H8O7S2. The molecular weight excluding hydrogens is 260 g/mol. The Kier molecular flexibility index (Phi) is 3.65. The lowest BCUT2D eigenvalue weighted by Crippen LogP contribution is -2.08. The average Bonchev–Trinajstić information content (AvgIpc) is 2.12. The van der Waals surface area contributed by atoms with Gasteiger partial charge in [-0.25, -0.2) is 4.18 Å². The number of hydrogen-bond acceptors (Lipinski definition) is 5. The van der Waals surface area contributed by atoms with E-state index in [9.17, 15) is 16.8 Å². The molecule has 0 heterocycles. The van der Waals surface area contributed by atoms with Gasteiger partial charge in [0.05, 0.1) is 11.5 Å². The second-order valence-electron chi connectivity index (χ2n) is 2.77. The normalized spacial score (nSPS) is 12.6. The van der Waals surface area contributed by atoms with Gasteiger partial charge in [-0.1, -0.05) is 18.2 Å². The van der Waals surface area contributed by atoms with Crippen molar-refractivity contribution in [2.24, 2.45) is 0 Å². The molecule has 0 aromatic heterocycles. The fourth-order valence-corrected chi connectivity index (χ4v) is 2.00. The van der Waals surface area contributed by atoms with Crippen LogP contribution in [-0.4, -0.2) is 25.9 Å². The van der Waals surface area contributed by atoms with Gasteiger partial charge in [-0.05, 0) is 6.07 Å². The maximum Gasteiger partial charge on any atom is 0.397 e. The van der Waals surface area contributed by atoms with Crippen LogP contribution in [0.2, 0.25) is 0 Å². The molecule has 0 bridgehead atoms. The van der Waals surface area contributed by atoms with Gasteiger partial charge >= 0.3 is 10.4 Å². The smallest absolute Gasteiger partial charge is 0.282 e. The molecule has 7 nitrogen and oxygen atoms in total. The van der Waals surface area contributed by atoms with Crippen LogP contribution in [0.25, 0.3) is 0 Å². The quantitative estimate of drug-likeness (QED) is 0.751. The first-order valence-electron chi connectivity index (χ1n) is 3.87. The Morgan fingerprint density at radius 2 is 1.62 bits per heavy atom. The minimum atomic E-state index is -4.66. The zero-order chi connectivity index (χ0) is 12.4. The zero-order valence-electron chi connectivity index (χ0n) is 7.77. The van der Waals surface area contributed by atoms with Crippen LogP contribution in [0.1, 0.15) is 5.56 Å². The number of rotatable bonds is 4. The summed E-state index contributed by atoms with van der Waals surface area (Å²) in [7, 11) is -9.12. The highest BCUT2D eigenvalue weighted by molar-refractivity contribution is 7.85. The van der Waals surface area contributed by atoms with Gasteiger partial charge in [0.1, 0.15) is 0 Å². The highest BCUT2D eigenvalue weighted by Gasteiger charge is 2.16. The first-order valence-corrected chi connectivity index (χ1v) is 6.68. The van der Waals surface area contributed by atoms with Gasteiger partial charge in [0.15, 0.2) is 0 Å². The van der Waals surface area contributed by atoms with Gasteiger partial charge in [0.25, 0.3) is 10.1 Å². The molecule has 0 radical (unpaired) electrons. The van der Waals surface area contributed by atoms with Crippen molar-refractivity contribution in [3.63, 3.8) is 0 Å². The molecule has 16 heavy (non-hydrogen) atoms. The maximum atomic E-state index is 10.9. The van der Waals surface area contributed by atoms with E-state index >= 15 is 0 Å². The van der Waals surface area contributed by atoms with E-state index in [1.165, 1.54) is 18.2 Å². The largest absolute Gasteiger partial charge is 0.397 e. The summed E-state index contributed by atoms with van der Waals surface area (Å²) in [5.41, 5.74) is -0.0809. The lowest BCUT2D eigenvalue weighted by atomic mass is 10.2. The predicted molar refractivity (Wildman–Crippen MR) is 52.6 cm³/mol. The molecule has 1 rings (SSSR count). The maximum absolute atomic E-state index is 10.9. The first-order chi connectivity index (χ1) is 7.20. The van der Waals surface area contributed by atoms with E-state index < -0.39 is 32.0 Å². The van der Waals surface area contributed by atoms with Gasteiger partial charge in [-0.3, -0.25) is 9.11 Å². The highest BCUT2D eigenvalue weighted by atomic mass is 32.3. The Labute approximate surface area is 92.4 Å². The van der Waals surface area contributed by atoms with Gasteiger partial charge in [0, 0.05) is 5.56 Å². The Hall–Kier alpha value is -1.00. The topological polar surface area (TPSA) is 118 Å². The van der Waals surface area contributed by atoms with Crippen LogP contribution in [0.4, 0.5) is 0 Å². The van der Waals surface area contributed by atoms with E-state index in [-0.39, 0.29) is 5.56 Å². The van der Waals surface area contributed by atoms with Crippen molar-refractivity contribution >= 4 is 20.5 Å². The SMILES string of the molecule is O=S(=O)(O)OCc1ccccc1S(=O)(=O)O. The Balaban J connectivity index is 3.06. The van der Waals surface area contributed by atoms with Crippen molar-refractivity contribution < 1.29 is 30.1 Å². The molecule has 0 amide bonds. The standard InChI is InChI=1S/C7H8O7S2/c8-15(9,10)7-4-2-1-3-6(7)5-14-16(11,12)13/h1-4H,5H2,(H,8,9,10)(H,11,12,13). The van der Waals surface area contributed by atoms with Crippen LogP contribution in [0, 0.1) is 0 Å². The zero-order valence-corrected chi connectivity index (χ0v) is 9.40. The second-order valence-corrected chi connectivity index (χ2v) is 5.25. The number of benzene rings is 1. The average molecular weight is 268 g/mol. The van der Waals surface area contributed by atoms with E-state index in [1.54, 1.807) is 0 Å². The lowest BCUT2D eigenvalue weighted by molar-refractivity contribution is 0.257. The van der Waals surface area contributed by atoms with Crippen molar-refractivity contribution in [2.75, 3.05) is 0 Å². The van der Waals surface area contributed by atoms with Crippen molar-refractivity contribution in [2.45, 2.75) is 11.5 Å². The van der Waals surface area contributed by atoms with Crippen molar-refractivity contribution in [1.29, 1.82) is 0 Å². The fraction of sp³-hybridized carbons (Fsp3) is 0.143. The van der Waals surface area contributed by atoms with Crippen molar-refractivity contribution in [3.05, 3.63) is 29.8 Å². The molecule has 90 valence electrons. The van der Waals surface area contributed by atoms with E-state index in [2.05, 4.69) is 4.18 Å². The summed E-state index contributed by atoms with van der Waals surface area (Å²) in [4.78, 5) is -0.473. The van der Waals surface area contributed by atoms with Crippen LogP contribution in [0.5, 0.6) is 0 Å². The fourth-order valence-electron chi connectivity index (χ4n) is 1.01. The summed E-state index contributed by atoms with van der Waals surface area (Å²) in [5.74, 6) is 0. The summed E-state index contributed by atoms with van der Waals surface area (Å²) in [6.45, 7) is -0.686. The van der Waals surface area contributed by atoms with Gasteiger partial charge in [-0.2, -0.15) is 16.8 Å². The molecule has 0 aliphatic carbocycles. The molecule has 0 spiro atoms. The second kappa shape index (κ2) is 4.47. The highest BCUT2D eigenvalue weighted by Crippen LogP contribution is 2.16. The summed E-state index contributed by atoms with van der Waals surface area (Å²) in [5, 5.41) is 0. The minimum absolute atomic E-state index is 0.0809. The molecule has 0 saturated heterocycles. The van der Waals surface area contributed by atoms with Crippen LogP contribution < -0.4 is 0 Å². The third-order valence-corrected chi connectivity index (χ3v) is 2.98. The summed E-state index contributed by atoms with van der Waals surface area (Å²) in [6.07, 6.45) is 0. The molecule has 0 aliphatic heterocycles. The molecule has 0 atom stereocenters. The minimum Gasteiger partial charge on any atom is -0.282 e. The molecule has 0 aliphatic rings. The van der Waals surface area contributed by atoms with Gasteiger partial charge in [-0.15, -0.1) is 0 Å². The van der Waals surface area contributed by atoms with Crippen molar-refractivity contribution in [1.82, 2.24) is 0 Å². The molecule has 0 saturated carbocycles. The lowest BCUT2D eigenvalue weighted by Gasteiger charge is -2.05. The van der Waals surface area contributed by atoms with E-state index in [0.29, 0.717) is 0 Å². The van der Waals surface area contributed by atoms with Crippen molar-refractivity contribution in [3.8, 4) is 0 Å². The van der Waals surface area contributed by atoms with E-state index in [4.69, 9.17) is 9.11 Å². The molecule has 1 aromatic rings. The van der Waals surface area contributed by atoms with E-state index in [1.807, 2.05) is 0 Å². The molecule has 0 fully saturated rings. The summed E-state index contributed by atoms with van der Waals surface area (Å²) < 4.78 is 63.4. The predicted octanol–water partition coefficient (Wildman–Crippen LogP) is 0.253. The van der Waals surface area contributed by atoms with Gasteiger partial charge in [0.2, 0.25) is 0 Å². The van der Waals surface area contributed by atoms with Crippen LogP contribution >= 0.6 is 0 Å². The monoisotopic (exact) mass is 268 g/mol. The Morgan fingerprint density at radius 1 is 1.06 bits per heavy atom. The summed E-state index contributed by atoms with van der Waals surface area (Å²) in [6, 6.07) is 5.10. The third-order valence-electron chi connectivity index (χ3n) is 1.61. The van der Waals surface area contributed by atoms with Gasteiger partial charge < -0.3 is 0 Å².